The van der Waals surface area contributed by atoms with Crippen molar-refractivity contribution in [3.05, 3.63) is 46.2 Å². The van der Waals surface area contributed by atoms with Crippen LogP contribution >= 0.6 is 23.2 Å². The SMILES string of the molecule is O=C1C(Nc2ccc3nnc(C(F)F)n3n2)CCN1c1ccc(Cl)c(Cl)c1. The van der Waals surface area contributed by atoms with Crippen molar-refractivity contribution in [2.75, 3.05) is 16.8 Å². The van der Waals surface area contributed by atoms with E-state index in [9.17, 15) is 13.6 Å². The summed E-state index contributed by atoms with van der Waals surface area (Å²) in [5.74, 6) is -0.449. The third-order valence-electron chi connectivity index (χ3n) is 4.22. The van der Waals surface area contributed by atoms with Crippen molar-refractivity contribution < 1.29 is 13.6 Å². The Hall–Kier alpha value is -2.52. The first kappa shape index (κ1) is 17.9. The lowest BCUT2D eigenvalue weighted by molar-refractivity contribution is -0.117. The van der Waals surface area contributed by atoms with Crippen LogP contribution in [0.3, 0.4) is 0 Å². The summed E-state index contributed by atoms with van der Waals surface area (Å²) in [4.78, 5) is 14.3. The molecule has 1 saturated heterocycles. The quantitative estimate of drug-likeness (QED) is 0.708. The van der Waals surface area contributed by atoms with Gasteiger partial charge in [-0.1, -0.05) is 23.2 Å². The van der Waals surface area contributed by atoms with E-state index in [0.29, 0.717) is 28.7 Å². The van der Waals surface area contributed by atoms with E-state index in [1.165, 1.54) is 6.07 Å². The highest BCUT2D eigenvalue weighted by molar-refractivity contribution is 6.42. The summed E-state index contributed by atoms with van der Waals surface area (Å²) >= 11 is 11.9. The minimum absolute atomic E-state index is 0.173. The number of nitrogens with zero attached hydrogens (tertiary/aromatic N) is 5. The molecule has 0 aliphatic carbocycles. The number of halogens is 4. The fraction of sp³-hybridized carbons (Fsp3) is 0.250. The Kier molecular flexibility index (Phi) is 4.56. The van der Waals surface area contributed by atoms with Gasteiger partial charge in [-0.15, -0.1) is 15.3 Å². The molecule has 4 rings (SSSR count). The molecule has 140 valence electrons. The van der Waals surface area contributed by atoms with Crippen LogP contribution in [0.1, 0.15) is 18.7 Å². The predicted molar refractivity (Wildman–Crippen MR) is 96.6 cm³/mol. The summed E-state index contributed by atoms with van der Waals surface area (Å²) < 4.78 is 26.9. The summed E-state index contributed by atoms with van der Waals surface area (Å²) in [5, 5.41) is 14.9. The van der Waals surface area contributed by atoms with Crippen molar-refractivity contribution in [2.45, 2.75) is 18.9 Å². The van der Waals surface area contributed by atoms with Gasteiger partial charge in [0.1, 0.15) is 11.9 Å². The predicted octanol–water partition coefficient (Wildman–Crippen LogP) is 3.59. The maximum Gasteiger partial charge on any atom is 0.299 e. The first-order valence-electron chi connectivity index (χ1n) is 7.97. The molecule has 1 atom stereocenters. The van der Waals surface area contributed by atoms with Crippen LogP contribution < -0.4 is 10.2 Å². The number of aromatic nitrogens is 4. The minimum atomic E-state index is -2.80. The molecule has 2 aromatic heterocycles. The molecule has 0 radical (unpaired) electrons. The Morgan fingerprint density at radius 3 is 2.70 bits per heavy atom. The number of carbonyl (C=O) groups excluding carboxylic acids is 1. The standard InChI is InChI=1S/C16H12Cl2F2N6O/c17-9-2-1-8(7-10(9)18)25-6-5-11(16(25)27)21-12-3-4-13-22-23-15(14(19)20)26(13)24-12/h1-4,7,11,14H,5-6H2,(H,21,24). The molecule has 1 unspecified atom stereocenters. The maximum atomic E-state index is 13.0. The minimum Gasteiger partial charge on any atom is -0.357 e. The number of alkyl halides is 2. The number of amides is 1. The van der Waals surface area contributed by atoms with E-state index < -0.39 is 18.3 Å². The second-order valence-corrected chi connectivity index (χ2v) is 6.74. The summed E-state index contributed by atoms with van der Waals surface area (Å²) in [6, 6.07) is 7.49. The van der Waals surface area contributed by atoms with E-state index in [-0.39, 0.29) is 17.4 Å². The molecule has 0 bridgehead atoms. The van der Waals surface area contributed by atoms with Gasteiger partial charge in [0, 0.05) is 12.2 Å². The van der Waals surface area contributed by atoms with Crippen LogP contribution in [0.15, 0.2) is 30.3 Å². The first-order valence-corrected chi connectivity index (χ1v) is 8.73. The van der Waals surface area contributed by atoms with Gasteiger partial charge in [0.2, 0.25) is 11.7 Å². The Morgan fingerprint density at radius 1 is 1.15 bits per heavy atom. The van der Waals surface area contributed by atoms with Crippen molar-refractivity contribution in [3.63, 3.8) is 0 Å². The van der Waals surface area contributed by atoms with Crippen LogP contribution in [-0.4, -0.2) is 38.3 Å². The molecule has 1 aliphatic rings. The van der Waals surface area contributed by atoms with Gasteiger partial charge in [0.05, 0.1) is 10.0 Å². The molecule has 3 heterocycles. The normalized spacial score (nSPS) is 17.3. The summed E-state index contributed by atoms with van der Waals surface area (Å²) in [5.41, 5.74) is 0.840. The molecule has 27 heavy (non-hydrogen) atoms. The van der Waals surface area contributed by atoms with E-state index in [4.69, 9.17) is 23.2 Å². The molecule has 0 spiro atoms. The van der Waals surface area contributed by atoms with Gasteiger partial charge in [-0.3, -0.25) is 4.79 Å². The lowest BCUT2D eigenvalue weighted by Crippen LogP contribution is -2.33. The zero-order chi connectivity index (χ0) is 19.1. The highest BCUT2D eigenvalue weighted by Crippen LogP contribution is 2.30. The third-order valence-corrected chi connectivity index (χ3v) is 4.96. The van der Waals surface area contributed by atoms with E-state index in [1.807, 2.05) is 0 Å². The van der Waals surface area contributed by atoms with E-state index in [2.05, 4.69) is 20.6 Å². The topological polar surface area (TPSA) is 75.4 Å². The van der Waals surface area contributed by atoms with Crippen LogP contribution in [0.4, 0.5) is 20.3 Å². The smallest absolute Gasteiger partial charge is 0.299 e. The number of hydrogen-bond acceptors (Lipinski definition) is 5. The fourth-order valence-corrected chi connectivity index (χ4v) is 3.21. The maximum absolute atomic E-state index is 13.0. The zero-order valence-corrected chi connectivity index (χ0v) is 15.1. The van der Waals surface area contributed by atoms with Crippen LogP contribution in [0.25, 0.3) is 5.65 Å². The van der Waals surface area contributed by atoms with Crippen LogP contribution in [0.2, 0.25) is 10.0 Å². The van der Waals surface area contributed by atoms with Crippen molar-refractivity contribution in [2.24, 2.45) is 0 Å². The molecule has 3 aromatic rings. The number of fused-ring (bicyclic) bond motifs is 1. The number of anilines is 2. The van der Waals surface area contributed by atoms with Gasteiger partial charge in [-0.25, -0.2) is 8.78 Å². The van der Waals surface area contributed by atoms with Crippen molar-refractivity contribution in [1.29, 1.82) is 0 Å². The molecule has 0 saturated carbocycles. The highest BCUT2D eigenvalue weighted by atomic mass is 35.5. The Labute approximate surface area is 161 Å². The average molecular weight is 413 g/mol. The van der Waals surface area contributed by atoms with E-state index >= 15 is 0 Å². The lowest BCUT2D eigenvalue weighted by Gasteiger charge is -2.18. The van der Waals surface area contributed by atoms with Gasteiger partial charge in [0.15, 0.2) is 5.65 Å². The number of carbonyl (C=O) groups is 1. The largest absolute Gasteiger partial charge is 0.357 e. The molecule has 11 heteroatoms. The number of hydrogen-bond donors (Lipinski definition) is 1. The van der Waals surface area contributed by atoms with Gasteiger partial charge in [0.25, 0.3) is 6.43 Å². The van der Waals surface area contributed by atoms with Crippen LogP contribution in [-0.2, 0) is 4.79 Å². The molecular formula is C16H12Cl2F2N6O. The molecule has 1 amide bonds. The molecule has 1 fully saturated rings. The van der Waals surface area contributed by atoms with Gasteiger partial charge in [-0.2, -0.15) is 4.52 Å². The number of benzene rings is 1. The highest BCUT2D eigenvalue weighted by Gasteiger charge is 2.33. The fourth-order valence-electron chi connectivity index (χ4n) is 2.92. The Bertz CT molecular complexity index is 1030. The van der Waals surface area contributed by atoms with Crippen molar-refractivity contribution >= 4 is 46.3 Å². The molecular weight excluding hydrogens is 401 g/mol. The monoisotopic (exact) mass is 412 g/mol. The second-order valence-electron chi connectivity index (χ2n) is 5.92. The van der Waals surface area contributed by atoms with Crippen LogP contribution in [0.5, 0.6) is 0 Å². The average Bonchev–Trinajstić information content (AvgIpc) is 3.21. The van der Waals surface area contributed by atoms with Crippen molar-refractivity contribution in [1.82, 2.24) is 19.8 Å². The van der Waals surface area contributed by atoms with Crippen LogP contribution in [0, 0.1) is 0 Å². The van der Waals surface area contributed by atoms with Gasteiger partial charge >= 0.3 is 0 Å². The van der Waals surface area contributed by atoms with Gasteiger partial charge in [-0.05, 0) is 36.8 Å². The first-order chi connectivity index (χ1) is 12.9. The Morgan fingerprint density at radius 2 is 1.96 bits per heavy atom. The van der Waals surface area contributed by atoms with E-state index in [1.54, 1.807) is 29.2 Å². The third kappa shape index (κ3) is 3.28. The molecule has 1 aliphatic heterocycles. The van der Waals surface area contributed by atoms with E-state index in [0.717, 1.165) is 4.52 Å². The second kappa shape index (κ2) is 6.90. The summed E-state index contributed by atoms with van der Waals surface area (Å²) in [6.45, 7) is 0.478. The van der Waals surface area contributed by atoms with Crippen molar-refractivity contribution in [3.8, 4) is 0 Å². The molecule has 1 N–H and O–H groups in total. The summed E-state index contributed by atoms with van der Waals surface area (Å²) in [6.07, 6.45) is -2.29. The summed E-state index contributed by atoms with van der Waals surface area (Å²) in [7, 11) is 0. The lowest BCUT2D eigenvalue weighted by atomic mass is 10.2. The van der Waals surface area contributed by atoms with Gasteiger partial charge < -0.3 is 10.2 Å². The number of rotatable bonds is 4. The molecule has 1 aromatic carbocycles. The zero-order valence-electron chi connectivity index (χ0n) is 13.6. The number of nitrogens with one attached hydrogen (secondary N) is 1. The molecule has 7 nitrogen and oxygen atoms in total. The Balaban J connectivity index is 1.55.